The molecule has 3 heteroatoms. The van der Waals surface area contributed by atoms with E-state index < -0.39 is 0 Å². The molecule has 1 aromatic heterocycles. The van der Waals surface area contributed by atoms with Crippen molar-refractivity contribution in [3.8, 4) is 0 Å². The number of Topliss-reactive ketones (excluding diaryl/α,β-unsaturated/α-hetero) is 1. The van der Waals surface area contributed by atoms with Gasteiger partial charge in [0.1, 0.15) is 0 Å². The lowest BCUT2D eigenvalue weighted by Crippen LogP contribution is -2.27. The predicted octanol–water partition coefficient (Wildman–Crippen LogP) is 2.72. The second kappa shape index (κ2) is 5.22. The largest absolute Gasteiger partial charge is 0.308 e. The second-order valence-corrected chi connectivity index (χ2v) is 4.76. The standard InChI is InChI=1S/C16H17NO2/c1-11-6-4-5-7-14(11)10-17-12(2)8-9-15(13(3)18)16(17)19/h4-9H,10H2,1-3H3. The van der Waals surface area contributed by atoms with E-state index in [4.69, 9.17) is 0 Å². The minimum absolute atomic E-state index is 0.191. The summed E-state index contributed by atoms with van der Waals surface area (Å²) in [5.74, 6) is -0.191. The molecule has 0 saturated heterocycles. The van der Waals surface area contributed by atoms with Crippen molar-refractivity contribution in [3.05, 3.63) is 69.1 Å². The van der Waals surface area contributed by atoms with Crippen molar-refractivity contribution >= 4 is 5.78 Å². The molecule has 2 aromatic rings. The average Bonchev–Trinajstić information content (AvgIpc) is 2.36. The lowest BCUT2D eigenvalue weighted by molar-refractivity contribution is 0.101. The van der Waals surface area contributed by atoms with E-state index in [1.165, 1.54) is 6.92 Å². The highest BCUT2D eigenvalue weighted by molar-refractivity contribution is 5.93. The van der Waals surface area contributed by atoms with Crippen molar-refractivity contribution in [2.75, 3.05) is 0 Å². The van der Waals surface area contributed by atoms with Crippen LogP contribution in [0.4, 0.5) is 0 Å². The van der Waals surface area contributed by atoms with Crippen LogP contribution in [0.25, 0.3) is 0 Å². The van der Waals surface area contributed by atoms with E-state index in [9.17, 15) is 9.59 Å². The number of rotatable bonds is 3. The van der Waals surface area contributed by atoms with Crippen molar-refractivity contribution in [2.24, 2.45) is 0 Å². The molecule has 2 rings (SSSR count). The number of aromatic nitrogens is 1. The molecule has 0 atom stereocenters. The zero-order chi connectivity index (χ0) is 14.0. The Balaban J connectivity index is 2.52. The highest BCUT2D eigenvalue weighted by Gasteiger charge is 2.10. The molecule has 3 nitrogen and oxygen atoms in total. The molecule has 0 aliphatic heterocycles. The molecule has 1 heterocycles. The number of carbonyl (C=O) groups excluding carboxylic acids is 1. The predicted molar refractivity (Wildman–Crippen MR) is 75.7 cm³/mol. The number of benzene rings is 1. The van der Waals surface area contributed by atoms with Gasteiger partial charge in [-0.2, -0.15) is 0 Å². The van der Waals surface area contributed by atoms with Gasteiger partial charge >= 0.3 is 0 Å². The fourth-order valence-corrected chi connectivity index (χ4v) is 2.09. The van der Waals surface area contributed by atoms with Gasteiger partial charge in [0.15, 0.2) is 5.78 Å². The molecular weight excluding hydrogens is 238 g/mol. The number of hydrogen-bond acceptors (Lipinski definition) is 2. The van der Waals surface area contributed by atoms with Crippen LogP contribution >= 0.6 is 0 Å². The van der Waals surface area contributed by atoms with Gasteiger partial charge in [0, 0.05) is 5.69 Å². The number of ketones is 1. The number of pyridine rings is 1. The molecule has 0 amide bonds. The Morgan fingerprint density at radius 2 is 1.79 bits per heavy atom. The molecule has 0 fully saturated rings. The summed E-state index contributed by atoms with van der Waals surface area (Å²) in [6.45, 7) is 5.82. The van der Waals surface area contributed by atoms with Crippen LogP contribution in [-0.2, 0) is 6.54 Å². The first-order chi connectivity index (χ1) is 9.00. The van der Waals surface area contributed by atoms with Crippen LogP contribution in [0.2, 0.25) is 0 Å². The first-order valence-corrected chi connectivity index (χ1v) is 6.26. The topological polar surface area (TPSA) is 39.1 Å². The Morgan fingerprint density at radius 3 is 2.42 bits per heavy atom. The van der Waals surface area contributed by atoms with Crippen LogP contribution in [0.15, 0.2) is 41.2 Å². The van der Waals surface area contributed by atoms with Gasteiger partial charge in [0.2, 0.25) is 0 Å². The molecule has 19 heavy (non-hydrogen) atoms. The van der Waals surface area contributed by atoms with E-state index in [1.54, 1.807) is 10.6 Å². The van der Waals surface area contributed by atoms with Crippen molar-refractivity contribution in [1.82, 2.24) is 4.57 Å². The Bertz CT molecular complexity index is 683. The van der Waals surface area contributed by atoms with Crippen LogP contribution in [0, 0.1) is 13.8 Å². The summed E-state index contributed by atoms with van der Waals surface area (Å²) in [5, 5.41) is 0. The van der Waals surface area contributed by atoms with Gasteiger partial charge in [0.25, 0.3) is 5.56 Å². The van der Waals surface area contributed by atoms with Crippen LogP contribution in [-0.4, -0.2) is 10.4 Å². The third-order valence-electron chi connectivity index (χ3n) is 3.36. The normalized spacial score (nSPS) is 10.5. The number of nitrogens with zero attached hydrogens (tertiary/aromatic N) is 1. The summed E-state index contributed by atoms with van der Waals surface area (Å²) in [5.41, 5.74) is 3.13. The first kappa shape index (κ1) is 13.3. The highest BCUT2D eigenvalue weighted by atomic mass is 16.1. The van der Waals surface area contributed by atoms with Gasteiger partial charge in [-0.15, -0.1) is 0 Å². The number of carbonyl (C=O) groups is 1. The van der Waals surface area contributed by atoms with E-state index in [0.717, 1.165) is 16.8 Å². The van der Waals surface area contributed by atoms with E-state index in [1.807, 2.05) is 44.2 Å². The van der Waals surface area contributed by atoms with Crippen molar-refractivity contribution < 1.29 is 4.79 Å². The summed E-state index contributed by atoms with van der Waals surface area (Å²) < 4.78 is 1.65. The van der Waals surface area contributed by atoms with Gasteiger partial charge in [-0.25, -0.2) is 0 Å². The molecule has 0 unspecified atom stereocenters. The third kappa shape index (κ3) is 2.65. The SMILES string of the molecule is CC(=O)c1ccc(C)n(Cc2ccccc2C)c1=O. The average molecular weight is 255 g/mol. The molecule has 98 valence electrons. The second-order valence-electron chi connectivity index (χ2n) is 4.76. The lowest BCUT2D eigenvalue weighted by Gasteiger charge is -2.12. The smallest absolute Gasteiger partial charge is 0.261 e. The summed E-state index contributed by atoms with van der Waals surface area (Å²) in [4.78, 5) is 23.7. The number of hydrogen-bond donors (Lipinski definition) is 0. The van der Waals surface area contributed by atoms with E-state index in [-0.39, 0.29) is 16.9 Å². The maximum Gasteiger partial charge on any atom is 0.261 e. The lowest BCUT2D eigenvalue weighted by atomic mass is 10.1. The Hall–Kier alpha value is -2.16. The summed E-state index contributed by atoms with van der Waals surface area (Å²) in [6, 6.07) is 11.4. The maximum absolute atomic E-state index is 12.3. The molecule has 0 aliphatic carbocycles. The van der Waals surface area contributed by atoms with Gasteiger partial charge < -0.3 is 4.57 Å². The van der Waals surface area contributed by atoms with Crippen LogP contribution < -0.4 is 5.56 Å². The molecule has 0 bridgehead atoms. The van der Waals surface area contributed by atoms with Crippen molar-refractivity contribution in [1.29, 1.82) is 0 Å². The molecule has 0 aliphatic rings. The fourth-order valence-electron chi connectivity index (χ4n) is 2.09. The Labute approximate surface area is 112 Å². The van der Waals surface area contributed by atoms with Crippen molar-refractivity contribution in [2.45, 2.75) is 27.3 Å². The van der Waals surface area contributed by atoms with Gasteiger partial charge in [-0.3, -0.25) is 9.59 Å². The van der Waals surface area contributed by atoms with E-state index >= 15 is 0 Å². The molecular formula is C16H17NO2. The fraction of sp³-hybridized carbons (Fsp3) is 0.250. The monoisotopic (exact) mass is 255 g/mol. The molecule has 0 spiro atoms. The quantitative estimate of drug-likeness (QED) is 0.791. The number of aryl methyl sites for hydroxylation is 2. The van der Waals surface area contributed by atoms with Gasteiger partial charge in [0.05, 0.1) is 12.1 Å². The summed E-state index contributed by atoms with van der Waals surface area (Å²) >= 11 is 0. The zero-order valence-corrected chi connectivity index (χ0v) is 11.4. The van der Waals surface area contributed by atoms with Gasteiger partial charge in [-0.1, -0.05) is 24.3 Å². The van der Waals surface area contributed by atoms with Crippen molar-refractivity contribution in [3.63, 3.8) is 0 Å². The van der Waals surface area contributed by atoms with E-state index in [0.29, 0.717) is 6.54 Å². The third-order valence-corrected chi connectivity index (χ3v) is 3.36. The minimum Gasteiger partial charge on any atom is -0.308 e. The highest BCUT2D eigenvalue weighted by Crippen LogP contribution is 2.10. The minimum atomic E-state index is -0.212. The van der Waals surface area contributed by atoms with Crippen LogP contribution in [0.5, 0.6) is 0 Å². The summed E-state index contributed by atoms with van der Waals surface area (Å²) in [7, 11) is 0. The summed E-state index contributed by atoms with van der Waals surface area (Å²) in [6.07, 6.45) is 0. The first-order valence-electron chi connectivity index (χ1n) is 6.26. The van der Waals surface area contributed by atoms with Gasteiger partial charge in [-0.05, 0) is 44.0 Å². The molecule has 1 aromatic carbocycles. The van der Waals surface area contributed by atoms with Crippen LogP contribution in [0.3, 0.4) is 0 Å². The zero-order valence-electron chi connectivity index (χ0n) is 11.4. The molecule has 0 saturated carbocycles. The van der Waals surface area contributed by atoms with Crippen LogP contribution in [0.1, 0.15) is 34.1 Å². The Kier molecular flexibility index (Phi) is 3.65. The maximum atomic E-state index is 12.3. The molecule has 0 N–H and O–H groups in total. The van der Waals surface area contributed by atoms with E-state index in [2.05, 4.69) is 0 Å². The molecule has 0 radical (unpaired) electrons. The Morgan fingerprint density at radius 1 is 1.11 bits per heavy atom.